The Morgan fingerprint density at radius 1 is 1.50 bits per heavy atom. The molecule has 0 aliphatic carbocycles. The van der Waals surface area contributed by atoms with Gasteiger partial charge in [-0.3, -0.25) is 4.79 Å². The lowest BCUT2D eigenvalue weighted by molar-refractivity contribution is 0.0955. The number of thiazole rings is 1. The standard InChI is InChI=1S/C11H12N2OS2/c1-7-10(16-8(2)13-7)6-12-11(14)9-4-3-5-15-9/h3-5H,6H2,1-2H3,(H,12,14). The highest BCUT2D eigenvalue weighted by atomic mass is 32.1. The first-order valence-corrected chi connectivity index (χ1v) is 6.61. The van der Waals surface area contributed by atoms with Crippen LogP contribution in [0.4, 0.5) is 0 Å². The molecule has 1 N–H and O–H groups in total. The molecule has 2 aromatic rings. The summed E-state index contributed by atoms with van der Waals surface area (Å²) in [6.07, 6.45) is 0. The van der Waals surface area contributed by atoms with E-state index in [2.05, 4.69) is 10.3 Å². The molecular weight excluding hydrogens is 240 g/mol. The van der Waals surface area contributed by atoms with Crippen LogP contribution in [0.25, 0.3) is 0 Å². The molecule has 0 spiro atoms. The second-order valence-electron chi connectivity index (χ2n) is 3.40. The molecule has 0 radical (unpaired) electrons. The molecule has 5 heteroatoms. The highest BCUT2D eigenvalue weighted by molar-refractivity contribution is 7.12. The van der Waals surface area contributed by atoms with Gasteiger partial charge in [0.05, 0.1) is 22.1 Å². The van der Waals surface area contributed by atoms with Crippen molar-refractivity contribution in [1.29, 1.82) is 0 Å². The minimum atomic E-state index is -0.0135. The first-order chi connectivity index (χ1) is 7.66. The van der Waals surface area contributed by atoms with Crippen molar-refractivity contribution in [3.8, 4) is 0 Å². The maximum absolute atomic E-state index is 11.7. The summed E-state index contributed by atoms with van der Waals surface area (Å²) in [7, 11) is 0. The van der Waals surface area contributed by atoms with Gasteiger partial charge in [-0.25, -0.2) is 4.98 Å². The van der Waals surface area contributed by atoms with Gasteiger partial charge >= 0.3 is 0 Å². The van der Waals surface area contributed by atoms with Gasteiger partial charge in [-0.05, 0) is 25.3 Å². The van der Waals surface area contributed by atoms with E-state index >= 15 is 0 Å². The second-order valence-corrected chi connectivity index (χ2v) is 5.64. The van der Waals surface area contributed by atoms with Crippen molar-refractivity contribution in [2.24, 2.45) is 0 Å². The van der Waals surface area contributed by atoms with Gasteiger partial charge in [0.25, 0.3) is 5.91 Å². The molecule has 16 heavy (non-hydrogen) atoms. The predicted molar refractivity (Wildman–Crippen MR) is 67.1 cm³/mol. The minimum Gasteiger partial charge on any atom is -0.346 e. The molecule has 0 saturated heterocycles. The third kappa shape index (κ3) is 2.48. The Kier molecular flexibility index (Phi) is 3.36. The van der Waals surface area contributed by atoms with E-state index in [1.807, 2.05) is 31.4 Å². The van der Waals surface area contributed by atoms with E-state index in [0.29, 0.717) is 6.54 Å². The zero-order valence-corrected chi connectivity index (χ0v) is 10.7. The molecule has 0 aliphatic rings. The third-order valence-electron chi connectivity index (χ3n) is 2.15. The van der Waals surface area contributed by atoms with Crippen molar-refractivity contribution in [2.45, 2.75) is 20.4 Å². The van der Waals surface area contributed by atoms with Gasteiger partial charge in [0.15, 0.2) is 0 Å². The first-order valence-electron chi connectivity index (χ1n) is 4.91. The van der Waals surface area contributed by atoms with Gasteiger partial charge in [-0.1, -0.05) is 6.07 Å². The average Bonchev–Trinajstić information content (AvgIpc) is 2.84. The van der Waals surface area contributed by atoms with Crippen LogP contribution < -0.4 is 5.32 Å². The molecule has 0 fully saturated rings. The third-order valence-corrected chi connectivity index (χ3v) is 4.10. The first kappa shape index (κ1) is 11.3. The molecule has 0 unspecified atom stereocenters. The van der Waals surface area contributed by atoms with Crippen molar-refractivity contribution in [2.75, 3.05) is 0 Å². The van der Waals surface area contributed by atoms with Crippen LogP contribution in [-0.2, 0) is 6.54 Å². The summed E-state index contributed by atoms with van der Waals surface area (Å²) >= 11 is 3.08. The summed E-state index contributed by atoms with van der Waals surface area (Å²) in [4.78, 5) is 17.9. The Morgan fingerprint density at radius 2 is 2.31 bits per heavy atom. The van der Waals surface area contributed by atoms with Gasteiger partial charge in [0.2, 0.25) is 0 Å². The van der Waals surface area contributed by atoms with E-state index < -0.39 is 0 Å². The normalized spacial score (nSPS) is 10.4. The van der Waals surface area contributed by atoms with Crippen LogP contribution in [0.1, 0.15) is 25.3 Å². The molecular formula is C11H12N2OS2. The number of carbonyl (C=O) groups excluding carboxylic acids is 1. The summed E-state index contributed by atoms with van der Waals surface area (Å²) in [5, 5.41) is 5.84. The number of nitrogens with zero attached hydrogens (tertiary/aromatic N) is 1. The summed E-state index contributed by atoms with van der Waals surface area (Å²) in [6, 6.07) is 3.70. The van der Waals surface area contributed by atoms with Gasteiger partial charge < -0.3 is 5.32 Å². The quantitative estimate of drug-likeness (QED) is 0.912. The van der Waals surface area contributed by atoms with Crippen molar-refractivity contribution in [3.63, 3.8) is 0 Å². The minimum absolute atomic E-state index is 0.0135. The zero-order chi connectivity index (χ0) is 11.5. The SMILES string of the molecule is Cc1nc(C)c(CNC(=O)c2cccs2)s1. The predicted octanol–water partition coefficient (Wildman–Crippen LogP) is 2.75. The Balaban J connectivity index is 1.98. The maximum Gasteiger partial charge on any atom is 0.261 e. The van der Waals surface area contributed by atoms with E-state index in [4.69, 9.17) is 0 Å². The summed E-state index contributed by atoms with van der Waals surface area (Å²) < 4.78 is 0. The van der Waals surface area contributed by atoms with Gasteiger partial charge in [-0.2, -0.15) is 0 Å². The fraction of sp³-hybridized carbons (Fsp3) is 0.273. The molecule has 0 aromatic carbocycles. The lowest BCUT2D eigenvalue weighted by atomic mass is 10.3. The van der Waals surface area contributed by atoms with E-state index in [1.54, 1.807) is 11.3 Å². The van der Waals surface area contributed by atoms with Gasteiger partial charge in [0.1, 0.15) is 0 Å². The lowest BCUT2D eigenvalue weighted by Crippen LogP contribution is -2.21. The van der Waals surface area contributed by atoms with E-state index in [0.717, 1.165) is 20.5 Å². The molecule has 3 nitrogen and oxygen atoms in total. The van der Waals surface area contributed by atoms with E-state index in [1.165, 1.54) is 11.3 Å². The monoisotopic (exact) mass is 252 g/mol. The van der Waals surface area contributed by atoms with E-state index in [-0.39, 0.29) is 5.91 Å². The number of hydrogen-bond acceptors (Lipinski definition) is 4. The smallest absolute Gasteiger partial charge is 0.261 e. The summed E-state index contributed by atoms with van der Waals surface area (Å²) in [6.45, 7) is 4.51. The Bertz CT molecular complexity index is 488. The van der Waals surface area contributed by atoms with Crippen molar-refractivity contribution >= 4 is 28.6 Å². The number of aryl methyl sites for hydroxylation is 2. The Labute approximate surface area is 102 Å². The van der Waals surface area contributed by atoms with Crippen LogP contribution in [0.2, 0.25) is 0 Å². The van der Waals surface area contributed by atoms with Crippen molar-refractivity contribution < 1.29 is 4.79 Å². The van der Waals surface area contributed by atoms with Crippen molar-refractivity contribution in [3.05, 3.63) is 38.0 Å². The molecule has 2 aromatic heterocycles. The molecule has 0 aliphatic heterocycles. The number of nitrogens with one attached hydrogen (secondary N) is 1. The molecule has 0 bridgehead atoms. The van der Waals surface area contributed by atoms with Crippen LogP contribution in [0, 0.1) is 13.8 Å². The summed E-state index contributed by atoms with van der Waals surface area (Å²) in [5.74, 6) is -0.0135. The van der Waals surface area contributed by atoms with Crippen LogP contribution in [0.15, 0.2) is 17.5 Å². The van der Waals surface area contributed by atoms with Crippen LogP contribution >= 0.6 is 22.7 Å². The average molecular weight is 252 g/mol. The number of amides is 1. The second kappa shape index (κ2) is 4.76. The van der Waals surface area contributed by atoms with Gasteiger partial charge in [-0.15, -0.1) is 22.7 Å². The van der Waals surface area contributed by atoms with Crippen LogP contribution in [-0.4, -0.2) is 10.9 Å². The number of rotatable bonds is 3. The molecule has 2 rings (SSSR count). The number of hydrogen-bond donors (Lipinski definition) is 1. The number of thiophene rings is 1. The Hall–Kier alpha value is -1.20. The van der Waals surface area contributed by atoms with Crippen LogP contribution in [0.3, 0.4) is 0 Å². The highest BCUT2D eigenvalue weighted by Gasteiger charge is 2.08. The van der Waals surface area contributed by atoms with Gasteiger partial charge in [0, 0.05) is 4.88 Å². The molecule has 2 heterocycles. The Morgan fingerprint density at radius 3 is 2.88 bits per heavy atom. The topological polar surface area (TPSA) is 42.0 Å². The van der Waals surface area contributed by atoms with E-state index in [9.17, 15) is 4.79 Å². The fourth-order valence-corrected chi connectivity index (χ4v) is 2.91. The molecule has 1 amide bonds. The summed E-state index contributed by atoms with van der Waals surface area (Å²) in [5.41, 5.74) is 1.01. The molecule has 0 saturated carbocycles. The van der Waals surface area contributed by atoms with Crippen LogP contribution in [0.5, 0.6) is 0 Å². The highest BCUT2D eigenvalue weighted by Crippen LogP contribution is 2.17. The molecule has 0 atom stereocenters. The fourth-order valence-electron chi connectivity index (χ4n) is 1.39. The molecule has 84 valence electrons. The van der Waals surface area contributed by atoms with Crippen molar-refractivity contribution in [1.82, 2.24) is 10.3 Å². The maximum atomic E-state index is 11.7. The number of carbonyl (C=O) groups is 1. The largest absolute Gasteiger partial charge is 0.346 e. The zero-order valence-electron chi connectivity index (χ0n) is 9.11. The lowest BCUT2D eigenvalue weighted by Gasteiger charge is -2.01. The number of aromatic nitrogens is 1.